The third kappa shape index (κ3) is 3.11. The number of nitrogens with one attached hydrogen (secondary N) is 1. The summed E-state index contributed by atoms with van der Waals surface area (Å²) in [6.45, 7) is 3.65. The number of primary amides is 1. The summed E-state index contributed by atoms with van der Waals surface area (Å²) >= 11 is 0. The molecule has 0 aliphatic carbocycles. The normalized spacial score (nSPS) is 9.80. The van der Waals surface area contributed by atoms with Crippen LogP contribution in [0.5, 0.6) is 0 Å². The molecule has 0 radical (unpaired) electrons. The van der Waals surface area contributed by atoms with E-state index in [1.54, 1.807) is 36.4 Å². The van der Waals surface area contributed by atoms with Gasteiger partial charge in [-0.25, -0.2) is 0 Å². The van der Waals surface area contributed by atoms with Crippen LogP contribution in [0.4, 0.5) is 11.4 Å². The highest BCUT2D eigenvalue weighted by Crippen LogP contribution is 2.21. The van der Waals surface area contributed by atoms with Crippen LogP contribution >= 0.6 is 0 Å². The molecule has 0 aliphatic heterocycles. The van der Waals surface area contributed by atoms with E-state index < -0.39 is 5.91 Å². The van der Waals surface area contributed by atoms with Crippen molar-refractivity contribution in [3.8, 4) is 0 Å². The smallest absolute Gasteiger partial charge is 0.248 e. The zero-order valence-corrected chi connectivity index (χ0v) is 10.8. The van der Waals surface area contributed by atoms with Gasteiger partial charge in [-0.3, -0.25) is 9.59 Å². The van der Waals surface area contributed by atoms with Gasteiger partial charge in [0.25, 0.3) is 0 Å². The maximum absolute atomic E-state index is 11.1. The van der Waals surface area contributed by atoms with Gasteiger partial charge < -0.3 is 11.1 Å². The summed E-state index contributed by atoms with van der Waals surface area (Å²) in [5.41, 5.74) is 8.42. The van der Waals surface area contributed by atoms with Crippen molar-refractivity contribution in [1.29, 1.82) is 0 Å². The van der Waals surface area contributed by atoms with Crippen molar-refractivity contribution in [3.05, 3.63) is 66.2 Å². The Hall–Kier alpha value is -2.88. The average molecular weight is 266 g/mol. The maximum atomic E-state index is 11.1. The Morgan fingerprint density at radius 1 is 1.10 bits per heavy atom. The predicted molar refractivity (Wildman–Crippen MR) is 79.8 cm³/mol. The molecule has 4 heteroatoms. The molecule has 0 heterocycles. The fraction of sp³-hybridized carbons (Fsp3) is 0. The Bertz CT molecular complexity index is 660. The number of anilines is 2. The summed E-state index contributed by atoms with van der Waals surface area (Å²) < 4.78 is 0. The van der Waals surface area contributed by atoms with E-state index in [0.29, 0.717) is 11.1 Å². The van der Waals surface area contributed by atoms with Crippen molar-refractivity contribution in [2.24, 2.45) is 5.73 Å². The number of rotatable bonds is 5. The lowest BCUT2D eigenvalue weighted by Gasteiger charge is -2.09. The third-order valence-electron chi connectivity index (χ3n) is 2.84. The molecule has 0 fully saturated rings. The molecule has 20 heavy (non-hydrogen) atoms. The van der Waals surface area contributed by atoms with Crippen molar-refractivity contribution >= 4 is 29.1 Å². The van der Waals surface area contributed by atoms with Crippen molar-refractivity contribution in [2.75, 3.05) is 5.32 Å². The SMILES string of the molecule is C=C(C(N)=O)c1cccc(Nc2ccc(C=O)cc2)c1. The second kappa shape index (κ2) is 5.84. The van der Waals surface area contributed by atoms with E-state index in [4.69, 9.17) is 5.73 Å². The summed E-state index contributed by atoms with van der Waals surface area (Å²) in [5.74, 6) is -0.544. The Morgan fingerprint density at radius 2 is 1.80 bits per heavy atom. The van der Waals surface area contributed by atoms with E-state index in [2.05, 4.69) is 11.9 Å². The molecule has 100 valence electrons. The molecule has 0 bridgehead atoms. The Morgan fingerprint density at radius 3 is 2.40 bits per heavy atom. The minimum atomic E-state index is -0.544. The number of hydrogen-bond acceptors (Lipinski definition) is 3. The highest BCUT2D eigenvalue weighted by molar-refractivity contribution is 6.18. The summed E-state index contributed by atoms with van der Waals surface area (Å²) in [6.07, 6.45) is 0.793. The average Bonchev–Trinajstić information content (AvgIpc) is 2.47. The van der Waals surface area contributed by atoms with Crippen molar-refractivity contribution < 1.29 is 9.59 Å². The molecule has 2 rings (SSSR count). The van der Waals surface area contributed by atoms with Crippen molar-refractivity contribution in [2.45, 2.75) is 0 Å². The lowest BCUT2D eigenvalue weighted by Crippen LogP contribution is -2.11. The largest absolute Gasteiger partial charge is 0.366 e. The molecule has 0 aromatic heterocycles. The van der Waals surface area contributed by atoms with Crippen LogP contribution in [0.3, 0.4) is 0 Å². The summed E-state index contributed by atoms with van der Waals surface area (Å²) in [5, 5.41) is 3.18. The molecule has 0 spiro atoms. The highest BCUT2D eigenvalue weighted by atomic mass is 16.1. The Labute approximate surface area is 116 Å². The predicted octanol–water partition coefficient (Wildman–Crippen LogP) is 2.74. The minimum Gasteiger partial charge on any atom is -0.366 e. The van der Waals surface area contributed by atoms with E-state index >= 15 is 0 Å². The molecule has 2 aromatic rings. The second-order valence-electron chi connectivity index (χ2n) is 4.29. The van der Waals surface area contributed by atoms with Crippen LogP contribution in [0.15, 0.2) is 55.1 Å². The molecule has 0 saturated heterocycles. The van der Waals surface area contributed by atoms with Gasteiger partial charge in [0.2, 0.25) is 5.91 Å². The molecular formula is C16H14N2O2. The van der Waals surface area contributed by atoms with Crippen LogP contribution in [-0.4, -0.2) is 12.2 Å². The van der Waals surface area contributed by atoms with Gasteiger partial charge in [-0.1, -0.05) is 18.7 Å². The molecule has 0 atom stereocenters. The number of carbonyl (C=O) groups excluding carboxylic acids is 2. The van der Waals surface area contributed by atoms with Gasteiger partial charge in [0, 0.05) is 22.5 Å². The van der Waals surface area contributed by atoms with E-state index in [9.17, 15) is 9.59 Å². The van der Waals surface area contributed by atoms with Crippen LogP contribution in [0.25, 0.3) is 5.57 Å². The van der Waals surface area contributed by atoms with Crippen molar-refractivity contribution in [1.82, 2.24) is 0 Å². The fourth-order valence-corrected chi connectivity index (χ4v) is 1.74. The molecule has 0 unspecified atom stereocenters. The van der Waals surface area contributed by atoms with Gasteiger partial charge in [-0.05, 0) is 42.0 Å². The molecule has 0 aliphatic rings. The highest BCUT2D eigenvalue weighted by Gasteiger charge is 2.05. The van der Waals surface area contributed by atoms with Gasteiger partial charge >= 0.3 is 0 Å². The number of nitrogens with two attached hydrogens (primary N) is 1. The monoisotopic (exact) mass is 266 g/mol. The van der Waals surface area contributed by atoms with E-state index in [1.165, 1.54) is 0 Å². The van der Waals surface area contributed by atoms with Crippen LogP contribution in [0.2, 0.25) is 0 Å². The molecule has 3 N–H and O–H groups in total. The lowest BCUT2D eigenvalue weighted by molar-refractivity contribution is -0.112. The second-order valence-corrected chi connectivity index (χ2v) is 4.29. The quantitative estimate of drug-likeness (QED) is 0.645. The number of aldehydes is 1. The maximum Gasteiger partial charge on any atom is 0.248 e. The summed E-state index contributed by atoms with van der Waals surface area (Å²) in [7, 11) is 0. The van der Waals surface area contributed by atoms with Gasteiger partial charge in [0.15, 0.2) is 0 Å². The minimum absolute atomic E-state index is 0.268. The molecule has 1 amide bonds. The zero-order chi connectivity index (χ0) is 14.5. The first-order chi connectivity index (χ1) is 9.60. The lowest BCUT2D eigenvalue weighted by atomic mass is 10.1. The number of carbonyl (C=O) groups is 2. The van der Waals surface area contributed by atoms with Gasteiger partial charge in [0.1, 0.15) is 6.29 Å². The number of benzene rings is 2. The van der Waals surface area contributed by atoms with Crippen LogP contribution in [-0.2, 0) is 4.79 Å². The summed E-state index contributed by atoms with van der Waals surface area (Å²) in [4.78, 5) is 21.7. The van der Waals surface area contributed by atoms with Gasteiger partial charge in [-0.2, -0.15) is 0 Å². The number of hydrogen-bond donors (Lipinski definition) is 2. The Kier molecular flexibility index (Phi) is 3.96. The first kappa shape index (κ1) is 13.5. The fourth-order valence-electron chi connectivity index (χ4n) is 1.74. The Balaban J connectivity index is 2.20. The van der Waals surface area contributed by atoms with Crippen LogP contribution in [0.1, 0.15) is 15.9 Å². The number of amides is 1. The van der Waals surface area contributed by atoms with E-state index in [0.717, 1.165) is 17.7 Å². The third-order valence-corrected chi connectivity index (χ3v) is 2.84. The molecule has 4 nitrogen and oxygen atoms in total. The van der Waals surface area contributed by atoms with Crippen LogP contribution < -0.4 is 11.1 Å². The van der Waals surface area contributed by atoms with E-state index in [-0.39, 0.29) is 5.57 Å². The summed E-state index contributed by atoms with van der Waals surface area (Å²) in [6, 6.07) is 14.3. The topological polar surface area (TPSA) is 72.2 Å². The van der Waals surface area contributed by atoms with Gasteiger partial charge in [0.05, 0.1) is 0 Å². The standard InChI is InChI=1S/C16H14N2O2/c1-11(16(17)20)13-3-2-4-15(9-13)18-14-7-5-12(10-19)6-8-14/h2-10,18H,1H2,(H2,17,20). The van der Waals surface area contributed by atoms with Crippen molar-refractivity contribution in [3.63, 3.8) is 0 Å². The molecular weight excluding hydrogens is 252 g/mol. The molecule has 2 aromatic carbocycles. The first-order valence-electron chi connectivity index (χ1n) is 6.01. The zero-order valence-electron chi connectivity index (χ0n) is 10.8. The first-order valence-corrected chi connectivity index (χ1v) is 6.01. The van der Waals surface area contributed by atoms with Crippen LogP contribution in [0, 0.1) is 0 Å². The molecule has 0 saturated carbocycles. The van der Waals surface area contributed by atoms with E-state index in [1.807, 2.05) is 12.1 Å². The van der Waals surface area contributed by atoms with Gasteiger partial charge in [-0.15, -0.1) is 0 Å².